The van der Waals surface area contributed by atoms with Crippen molar-refractivity contribution in [3.05, 3.63) is 29.3 Å². The van der Waals surface area contributed by atoms with Gasteiger partial charge >= 0.3 is 11.9 Å². The molecule has 0 amide bonds. The van der Waals surface area contributed by atoms with Crippen LogP contribution in [-0.4, -0.2) is 91.0 Å². The number of rotatable bonds is 21. The maximum absolute atomic E-state index is 12.4. The van der Waals surface area contributed by atoms with Crippen molar-refractivity contribution in [2.75, 3.05) is 66.1 Å². The van der Waals surface area contributed by atoms with Crippen LogP contribution < -0.4 is 0 Å². The Morgan fingerprint density at radius 1 is 0.639 bits per heavy atom. The van der Waals surface area contributed by atoms with Gasteiger partial charge in [-0.1, -0.05) is 26.7 Å². The molecule has 0 atom stereocenters. The quantitative estimate of drug-likeness (QED) is 0.141. The second-order valence-electron chi connectivity index (χ2n) is 7.65. The van der Waals surface area contributed by atoms with Crippen LogP contribution in [0.2, 0.25) is 0 Å². The Morgan fingerprint density at radius 3 is 1.36 bits per heavy atom. The molecule has 1 rings (SSSR count). The van der Waals surface area contributed by atoms with Crippen LogP contribution in [0, 0.1) is 0 Å². The summed E-state index contributed by atoms with van der Waals surface area (Å²) in [5.41, 5.74) is -0.471. The van der Waals surface area contributed by atoms with E-state index in [0.29, 0.717) is 39.6 Å². The predicted octanol–water partition coefficient (Wildman–Crippen LogP) is 2.91. The second kappa shape index (κ2) is 19.1. The number of ether oxygens (including phenoxy) is 6. The lowest BCUT2D eigenvalue weighted by Crippen LogP contribution is -2.16. The molecule has 0 radical (unpaired) electrons. The van der Waals surface area contributed by atoms with Crippen molar-refractivity contribution in [3.8, 4) is 0 Å². The molecule has 0 aliphatic carbocycles. The molecule has 0 fully saturated rings. The summed E-state index contributed by atoms with van der Waals surface area (Å²) in [5, 5.41) is 0. The van der Waals surface area contributed by atoms with Gasteiger partial charge in [0.25, 0.3) is 10.1 Å². The van der Waals surface area contributed by atoms with Crippen molar-refractivity contribution in [3.63, 3.8) is 0 Å². The van der Waals surface area contributed by atoms with Crippen LogP contribution in [-0.2, 0) is 38.5 Å². The maximum Gasteiger partial charge on any atom is 0.338 e. The largest absolute Gasteiger partial charge is 0.460 e. The van der Waals surface area contributed by atoms with Gasteiger partial charge in [-0.3, -0.25) is 4.55 Å². The van der Waals surface area contributed by atoms with Gasteiger partial charge < -0.3 is 28.4 Å². The molecule has 0 unspecified atom stereocenters. The predicted molar refractivity (Wildman–Crippen MR) is 130 cm³/mol. The smallest absolute Gasteiger partial charge is 0.338 e. The number of hydrogen-bond donors (Lipinski definition) is 1. The van der Waals surface area contributed by atoms with Gasteiger partial charge in [0.1, 0.15) is 13.2 Å². The SMILES string of the molecule is CCCCOCCOCCOC(=O)c1cc(C(=O)OCCOCCOCCCC)cc(S(=O)(=O)O)c1. The van der Waals surface area contributed by atoms with Crippen molar-refractivity contribution < 1.29 is 51.0 Å². The van der Waals surface area contributed by atoms with Crippen molar-refractivity contribution >= 4 is 22.1 Å². The number of unbranched alkanes of at least 4 members (excludes halogenated alkanes) is 2. The summed E-state index contributed by atoms with van der Waals surface area (Å²) in [6, 6.07) is 2.96. The van der Waals surface area contributed by atoms with E-state index in [0.717, 1.165) is 43.9 Å². The molecule has 0 aromatic heterocycles. The Morgan fingerprint density at radius 2 is 1.00 bits per heavy atom. The summed E-state index contributed by atoms with van der Waals surface area (Å²) in [4.78, 5) is 24.1. The zero-order valence-corrected chi connectivity index (χ0v) is 21.9. The zero-order valence-electron chi connectivity index (χ0n) is 21.1. The highest BCUT2D eigenvalue weighted by Crippen LogP contribution is 2.17. The first-order valence-corrected chi connectivity index (χ1v) is 13.5. The molecule has 0 spiro atoms. The van der Waals surface area contributed by atoms with Crippen molar-refractivity contribution in [1.82, 2.24) is 0 Å². The molecule has 11 nitrogen and oxygen atoms in total. The van der Waals surface area contributed by atoms with Crippen molar-refractivity contribution in [1.29, 1.82) is 0 Å². The molecule has 12 heteroatoms. The first-order valence-electron chi connectivity index (χ1n) is 12.1. The number of esters is 2. The minimum Gasteiger partial charge on any atom is -0.460 e. The molecule has 36 heavy (non-hydrogen) atoms. The molecule has 0 saturated heterocycles. The third-order valence-corrected chi connectivity index (χ3v) is 5.46. The van der Waals surface area contributed by atoms with Crippen LogP contribution in [0.25, 0.3) is 0 Å². The first-order chi connectivity index (χ1) is 17.3. The summed E-state index contributed by atoms with van der Waals surface area (Å²) in [6.07, 6.45) is 4.02. The van der Waals surface area contributed by atoms with E-state index in [1.807, 2.05) is 0 Å². The van der Waals surface area contributed by atoms with Gasteiger partial charge in [0.2, 0.25) is 0 Å². The highest BCUT2D eigenvalue weighted by molar-refractivity contribution is 7.85. The van der Waals surface area contributed by atoms with Crippen molar-refractivity contribution in [2.24, 2.45) is 0 Å². The fourth-order valence-electron chi connectivity index (χ4n) is 2.67. The molecule has 0 aliphatic heterocycles. The van der Waals surface area contributed by atoms with E-state index in [9.17, 15) is 22.6 Å². The third-order valence-electron chi connectivity index (χ3n) is 4.63. The molecule has 1 N–H and O–H groups in total. The van der Waals surface area contributed by atoms with Gasteiger partial charge in [-0.15, -0.1) is 0 Å². The monoisotopic (exact) mass is 534 g/mol. The second-order valence-corrected chi connectivity index (χ2v) is 9.07. The Kier molecular flexibility index (Phi) is 16.9. The van der Waals surface area contributed by atoms with Gasteiger partial charge in [-0.05, 0) is 31.0 Å². The fourth-order valence-corrected chi connectivity index (χ4v) is 3.23. The van der Waals surface area contributed by atoms with Gasteiger partial charge in [-0.2, -0.15) is 8.42 Å². The van der Waals surface area contributed by atoms with E-state index in [1.165, 1.54) is 0 Å². The molecule has 1 aromatic rings. The average Bonchev–Trinajstić information content (AvgIpc) is 2.85. The van der Waals surface area contributed by atoms with E-state index >= 15 is 0 Å². The highest BCUT2D eigenvalue weighted by Gasteiger charge is 2.20. The minimum atomic E-state index is -4.69. The Hall–Kier alpha value is -2.09. The topological polar surface area (TPSA) is 144 Å². The molecule has 0 aliphatic rings. The van der Waals surface area contributed by atoms with Crippen LogP contribution in [0.5, 0.6) is 0 Å². The normalized spacial score (nSPS) is 11.4. The lowest BCUT2D eigenvalue weighted by atomic mass is 10.1. The summed E-state index contributed by atoms with van der Waals surface area (Å²) in [6.45, 7) is 7.00. The highest BCUT2D eigenvalue weighted by atomic mass is 32.2. The molecule has 0 saturated carbocycles. The number of benzene rings is 1. The Balaban J connectivity index is 2.52. The molecule has 1 aromatic carbocycles. The van der Waals surface area contributed by atoms with Gasteiger partial charge in [-0.25, -0.2) is 9.59 Å². The third kappa shape index (κ3) is 14.5. The fraction of sp³-hybridized carbons (Fsp3) is 0.667. The Bertz CT molecular complexity index is 819. The molecule has 206 valence electrons. The summed E-state index contributed by atoms with van der Waals surface area (Å²) >= 11 is 0. The van der Waals surface area contributed by atoms with Gasteiger partial charge in [0, 0.05) is 13.2 Å². The lowest BCUT2D eigenvalue weighted by molar-refractivity contribution is 0.0141. The molecule has 0 heterocycles. The van der Waals surface area contributed by atoms with E-state index in [-0.39, 0.29) is 37.6 Å². The van der Waals surface area contributed by atoms with E-state index < -0.39 is 27.0 Å². The summed E-state index contributed by atoms with van der Waals surface area (Å²) < 4.78 is 64.1. The van der Waals surface area contributed by atoms with Gasteiger partial charge in [0.05, 0.1) is 55.7 Å². The van der Waals surface area contributed by atoms with E-state index in [1.54, 1.807) is 0 Å². The summed E-state index contributed by atoms with van der Waals surface area (Å²) in [5.74, 6) is -1.77. The number of carbonyl (C=O) groups is 2. The number of carbonyl (C=O) groups excluding carboxylic acids is 2. The van der Waals surface area contributed by atoms with E-state index in [4.69, 9.17) is 28.4 Å². The van der Waals surface area contributed by atoms with Gasteiger partial charge in [0.15, 0.2) is 0 Å². The number of hydrogen-bond acceptors (Lipinski definition) is 10. The molecular weight excluding hydrogens is 496 g/mol. The first kappa shape index (κ1) is 31.9. The van der Waals surface area contributed by atoms with Crippen LogP contribution in [0.1, 0.15) is 60.2 Å². The maximum atomic E-state index is 12.4. The standard InChI is InChI=1S/C24H38O11S/c1-3-5-7-30-9-11-32-13-15-34-23(25)20-17-21(19-22(18-20)36(27,28)29)24(26)35-16-14-33-12-10-31-8-6-4-2/h17-19H,3-16H2,1-2H3,(H,27,28,29). The molecule has 0 bridgehead atoms. The minimum absolute atomic E-state index is 0.0941. The summed E-state index contributed by atoms with van der Waals surface area (Å²) in [7, 11) is -4.69. The van der Waals surface area contributed by atoms with Crippen LogP contribution in [0.4, 0.5) is 0 Å². The van der Waals surface area contributed by atoms with Crippen LogP contribution in [0.3, 0.4) is 0 Å². The van der Waals surface area contributed by atoms with Crippen LogP contribution >= 0.6 is 0 Å². The average molecular weight is 535 g/mol. The molecular formula is C24H38O11S. The lowest BCUT2D eigenvalue weighted by Gasteiger charge is -2.10. The van der Waals surface area contributed by atoms with Crippen molar-refractivity contribution in [2.45, 2.75) is 44.4 Å². The van der Waals surface area contributed by atoms with Crippen LogP contribution in [0.15, 0.2) is 23.1 Å². The van der Waals surface area contributed by atoms with E-state index in [2.05, 4.69) is 13.8 Å². The Labute approximate surface area is 213 Å². The zero-order chi connectivity index (χ0) is 26.7.